The number of fused-ring (bicyclic) bond motifs is 1. The van der Waals surface area contributed by atoms with E-state index in [0.717, 1.165) is 24.2 Å². The number of amides is 1. The summed E-state index contributed by atoms with van der Waals surface area (Å²) < 4.78 is 28.9. The molecule has 1 heterocycles. The molecule has 0 aliphatic rings. The lowest BCUT2D eigenvalue weighted by Crippen LogP contribution is -2.25. The largest absolute Gasteiger partial charge is 0.322 e. The third kappa shape index (κ3) is 5.26. The highest BCUT2D eigenvalue weighted by atomic mass is 79.9. The maximum Gasteiger partial charge on any atom is 0.262 e. The number of carbonyl (C=O) groups excluding carboxylic acids is 1. The number of hydrogen-bond donors (Lipinski definition) is 1. The van der Waals surface area contributed by atoms with Crippen molar-refractivity contribution in [2.45, 2.75) is 32.0 Å². The second kappa shape index (κ2) is 9.70. The van der Waals surface area contributed by atoms with E-state index in [9.17, 15) is 18.4 Å². The van der Waals surface area contributed by atoms with Gasteiger partial charge in [0.15, 0.2) is 11.0 Å². The van der Waals surface area contributed by atoms with Gasteiger partial charge in [-0.15, -0.1) is 0 Å². The van der Waals surface area contributed by atoms with Crippen LogP contribution in [0.5, 0.6) is 0 Å². The summed E-state index contributed by atoms with van der Waals surface area (Å²) in [5.74, 6) is -1.82. The molecule has 1 amide bonds. The molecule has 1 aromatic heterocycles. The molecule has 0 atom stereocenters. The van der Waals surface area contributed by atoms with Gasteiger partial charge in [-0.1, -0.05) is 37.7 Å². The molecule has 0 unspecified atom stereocenters. The molecule has 2 aromatic carbocycles. The van der Waals surface area contributed by atoms with Gasteiger partial charge in [-0.25, -0.2) is 13.8 Å². The Morgan fingerprint density at radius 1 is 1.27 bits per heavy atom. The fourth-order valence-electron chi connectivity index (χ4n) is 2.81. The van der Waals surface area contributed by atoms with Crippen LogP contribution in [-0.2, 0) is 11.3 Å². The van der Waals surface area contributed by atoms with E-state index in [-0.39, 0.29) is 21.5 Å². The standard InChI is InChI=1S/C21H20BrF2N3O2S/c1-12(2)7-8-27-20(29)14-5-3-4-6-17(14)25-21(27)30-11-18(28)26-19-15(22)9-13(23)10-16(19)24/h3-6,9-10,12H,7-8,11H2,1-2H3,(H,26,28). The molecule has 0 aliphatic heterocycles. The van der Waals surface area contributed by atoms with Crippen LogP contribution < -0.4 is 10.9 Å². The summed E-state index contributed by atoms with van der Waals surface area (Å²) >= 11 is 4.14. The Labute approximate surface area is 185 Å². The zero-order valence-electron chi connectivity index (χ0n) is 16.4. The van der Waals surface area contributed by atoms with Crippen molar-refractivity contribution in [2.24, 2.45) is 5.92 Å². The molecule has 3 aromatic rings. The number of nitrogens with one attached hydrogen (secondary N) is 1. The van der Waals surface area contributed by atoms with Crippen molar-refractivity contribution < 1.29 is 13.6 Å². The van der Waals surface area contributed by atoms with E-state index in [0.29, 0.717) is 34.6 Å². The first-order valence-electron chi connectivity index (χ1n) is 9.33. The highest BCUT2D eigenvalue weighted by molar-refractivity contribution is 9.10. The van der Waals surface area contributed by atoms with Crippen molar-refractivity contribution in [2.75, 3.05) is 11.1 Å². The zero-order valence-corrected chi connectivity index (χ0v) is 18.8. The molecule has 30 heavy (non-hydrogen) atoms. The molecule has 0 saturated heterocycles. The molecule has 0 spiro atoms. The van der Waals surface area contributed by atoms with Gasteiger partial charge >= 0.3 is 0 Å². The Morgan fingerprint density at radius 3 is 2.70 bits per heavy atom. The number of aromatic nitrogens is 2. The molecule has 158 valence electrons. The predicted molar refractivity (Wildman–Crippen MR) is 119 cm³/mol. The van der Waals surface area contributed by atoms with E-state index < -0.39 is 17.5 Å². The van der Waals surface area contributed by atoms with Crippen LogP contribution in [0.4, 0.5) is 14.5 Å². The van der Waals surface area contributed by atoms with Crippen LogP contribution in [0.2, 0.25) is 0 Å². The Morgan fingerprint density at radius 2 is 2.00 bits per heavy atom. The van der Waals surface area contributed by atoms with E-state index in [1.807, 2.05) is 0 Å². The van der Waals surface area contributed by atoms with Gasteiger partial charge in [0.1, 0.15) is 5.82 Å². The number of anilines is 1. The van der Waals surface area contributed by atoms with E-state index in [2.05, 4.69) is 40.1 Å². The average molecular weight is 496 g/mol. The summed E-state index contributed by atoms with van der Waals surface area (Å²) in [7, 11) is 0. The number of carbonyl (C=O) groups is 1. The summed E-state index contributed by atoms with van der Waals surface area (Å²) in [6, 6.07) is 8.82. The molecule has 3 rings (SSSR count). The maximum atomic E-state index is 14.0. The summed E-state index contributed by atoms with van der Waals surface area (Å²) in [6.45, 7) is 4.61. The number of hydrogen-bond acceptors (Lipinski definition) is 4. The molecule has 5 nitrogen and oxygen atoms in total. The van der Waals surface area contributed by atoms with E-state index in [1.165, 1.54) is 0 Å². The normalized spacial score (nSPS) is 11.3. The van der Waals surface area contributed by atoms with Crippen LogP contribution in [0.1, 0.15) is 20.3 Å². The van der Waals surface area contributed by atoms with Crippen molar-refractivity contribution in [1.82, 2.24) is 9.55 Å². The minimum Gasteiger partial charge on any atom is -0.322 e. The van der Waals surface area contributed by atoms with Gasteiger partial charge in [-0.3, -0.25) is 14.2 Å². The number of thioether (sulfide) groups is 1. The van der Waals surface area contributed by atoms with Crippen molar-refractivity contribution in [1.29, 1.82) is 0 Å². The van der Waals surface area contributed by atoms with Gasteiger partial charge < -0.3 is 5.32 Å². The number of para-hydroxylation sites is 1. The van der Waals surface area contributed by atoms with Crippen molar-refractivity contribution in [3.8, 4) is 0 Å². The molecule has 0 aliphatic carbocycles. The smallest absolute Gasteiger partial charge is 0.262 e. The number of halogens is 3. The molecule has 0 bridgehead atoms. The van der Waals surface area contributed by atoms with Crippen LogP contribution in [0.25, 0.3) is 10.9 Å². The third-order valence-corrected chi connectivity index (χ3v) is 5.96. The Balaban J connectivity index is 1.83. The monoisotopic (exact) mass is 495 g/mol. The van der Waals surface area contributed by atoms with Crippen molar-refractivity contribution >= 4 is 50.2 Å². The maximum absolute atomic E-state index is 14.0. The van der Waals surface area contributed by atoms with Gasteiger partial charge in [-0.2, -0.15) is 0 Å². The molecule has 0 fully saturated rings. The fourth-order valence-corrected chi connectivity index (χ4v) is 4.14. The predicted octanol–water partition coefficient (Wildman–Crippen LogP) is 5.21. The first kappa shape index (κ1) is 22.4. The van der Waals surface area contributed by atoms with Gasteiger partial charge in [-0.05, 0) is 46.5 Å². The quantitative estimate of drug-likeness (QED) is 0.360. The second-order valence-electron chi connectivity index (χ2n) is 7.13. The summed E-state index contributed by atoms with van der Waals surface area (Å²) in [5.41, 5.74) is 0.265. The lowest BCUT2D eigenvalue weighted by Gasteiger charge is -2.14. The second-order valence-corrected chi connectivity index (χ2v) is 8.93. The lowest BCUT2D eigenvalue weighted by molar-refractivity contribution is -0.113. The Kier molecular flexibility index (Phi) is 7.25. The summed E-state index contributed by atoms with van der Waals surface area (Å²) in [6.07, 6.45) is 0.785. The summed E-state index contributed by atoms with van der Waals surface area (Å²) in [5, 5.41) is 3.38. The van der Waals surface area contributed by atoms with Gasteiger partial charge in [0.2, 0.25) is 5.91 Å². The highest BCUT2D eigenvalue weighted by Crippen LogP contribution is 2.27. The number of nitrogens with zero attached hydrogens (tertiary/aromatic N) is 2. The van der Waals surface area contributed by atoms with Gasteiger partial charge in [0.05, 0.1) is 22.3 Å². The summed E-state index contributed by atoms with van der Waals surface area (Å²) in [4.78, 5) is 29.9. The lowest BCUT2D eigenvalue weighted by atomic mass is 10.1. The minimum absolute atomic E-state index is 0.0876. The molecule has 9 heteroatoms. The third-order valence-electron chi connectivity index (χ3n) is 4.36. The minimum atomic E-state index is -0.877. The molecular formula is C21H20BrF2N3O2S. The fraction of sp³-hybridized carbons (Fsp3) is 0.286. The molecule has 0 saturated carbocycles. The molecule has 0 radical (unpaired) electrons. The molecule has 1 N–H and O–H groups in total. The van der Waals surface area contributed by atoms with Crippen LogP contribution >= 0.6 is 27.7 Å². The SMILES string of the molecule is CC(C)CCn1c(SCC(=O)Nc2c(F)cc(F)cc2Br)nc2ccccc2c1=O. The van der Waals surface area contributed by atoms with E-state index in [4.69, 9.17) is 0 Å². The first-order valence-corrected chi connectivity index (χ1v) is 11.1. The number of benzene rings is 2. The van der Waals surface area contributed by atoms with Gasteiger partial charge in [0.25, 0.3) is 5.56 Å². The van der Waals surface area contributed by atoms with Crippen LogP contribution in [0.15, 0.2) is 50.8 Å². The average Bonchev–Trinajstić information content (AvgIpc) is 2.68. The zero-order chi connectivity index (χ0) is 21.8. The topological polar surface area (TPSA) is 64.0 Å². The van der Waals surface area contributed by atoms with Gasteiger partial charge in [0, 0.05) is 17.1 Å². The highest BCUT2D eigenvalue weighted by Gasteiger charge is 2.16. The van der Waals surface area contributed by atoms with Crippen LogP contribution in [0.3, 0.4) is 0 Å². The Bertz CT molecular complexity index is 1130. The van der Waals surface area contributed by atoms with Crippen LogP contribution in [-0.4, -0.2) is 21.2 Å². The van der Waals surface area contributed by atoms with E-state index >= 15 is 0 Å². The molecular weight excluding hydrogens is 476 g/mol. The number of rotatable bonds is 7. The van der Waals surface area contributed by atoms with Crippen molar-refractivity contribution in [3.05, 3.63) is 62.9 Å². The first-order chi connectivity index (χ1) is 14.3. The Hall–Kier alpha value is -2.26. The van der Waals surface area contributed by atoms with E-state index in [1.54, 1.807) is 28.8 Å². The van der Waals surface area contributed by atoms with Crippen molar-refractivity contribution in [3.63, 3.8) is 0 Å². The van der Waals surface area contributed by atoms with Crippen LogP contribution in [0, 0.1) is 17.6 Å².